The predicted octanol–water partition coefficient (Wildman–Crippen LogP) is 6.94. The lowest BCUT2D eigenvalue weighted by Gasteiger charge is -2.19. The molecule has 0 bridgehead atoms. The molecule has 0 aliphatic rings. The largest absolute Gasteiger partial charge is 0.496 e. The number of esters is 1. The van der Waals surface area contributed by atoms with Crippen molar-refractivity contribution in [3.8, 4) is 34.1 Å². The van der Waals surface area contributed by atoms with Crippen molar-refractivity contribution in [2.24, 2.45) is 0 Å². The van der Waals surface area contributed by atoms with Gasteiger partial charge in [0.1, 0.15) is 17.2 Å². The minimum absolute atomic E-state index is 0.0515. The fourth-order valence-electron chi connectivity index (χ4n) is 3.68. The number of rotatable bonds is 10. The molecule has 0 saturated carbocycles. The smallest absolute Gasteiger partial charge is 0.308 e. The van der Waals surface area contributed by atoms with Gasteiger partial charge in [-0.15, -0.1) is 0 Å². The van der Waals surface area contributed by atoms with E-state index in [9.17, 15) is 13.2 Å². The maximum atomic E-state index is 12.3. The van der Waals surface area contributed by atoms with Crippen molar-refractivity contribution in [1.29, 1.82) is 0 Å². The summed E-state index contributed by atoms with van der Waals surface area (Å²) in [6.45, 7) is 1.30. The molecule has 0 atom stereocenters. The molecule has 0 aliphatic carbocycles. The van der Waals surface area contributed by atoms with Crippen LogP contribution in [0.15, 0.2) is 105 Å². The highest BCUT2D eigenvalue weighted by molar-refractivity contribution is 7.99. The summed E-state index contributed by atoms with van der Waals surface area (Å²) in [4.78, 5) is 15.3. The highest BCUT2D eigenvalue weighted by Gasteiger charge is 2.23. The zero-order valence-electron chi connectivity index (χ0n) is 21.7. The van der Waals surface area contributed by atoms with Gasteiger partial charge in [0, 0.05) is 33.9 Å². The molecule has 4 rings (SSSR count). The average Bonchev–Trinajstić information content (AvgIpc) is 2.89. The van der Waals surface area contributed by atoms with Crippen molar-refractivity contribution < 1.29 is 31.6 Å². The fourth-order valence-corrected chi connectivity index (χ4v) is 6.06. The second-order valence-electron chi connectivity index (χ2n) is 8.21. The van der Waals surface area contributed by atoms with Crippen molar-refractivity contribution >= 4 is 39.6 Å². The molecular formula is C29H26O7S3. The predicted molar refractivity (Wildman–Crippen MR) is 153 cm³/mol. The van der Waals surface area contributed by atoms with Crippen molar-refractivity contribution in [1.82, 2.24) is 0 Å². The maximum Gasteiger partial charge on any atom is 0.308 e. The third-order valence-electron chi connectivity index (χ3n) is 5.26. The Morgan fingerprint density at radius 3 is 1.51 bits per heavy atom. The molecule has 7 nitrogen and oxygen atoms in total. The standard InChI is InChI=1S/C29H26O7S3/c1-19(30)35-24-17-28(37-20-11-7-5-8-12-20)26(33-2)15-22(24)23-16-27(34-3)29(18-25(23)36-39(4,31)32)38-21-13-9-6-10-14-21/h5-18H,1-4H3. The Kier molecular flexibility index (Phi) is 9.11. The zero-order chi connectivity index (χ0) is 28.0. The van der Waals surface area contributed by atoms with Crippen molar-refractivity contribution in [2.45, 2.75) is 26.5 Å². The van der Waals surface area contributed by atoms with E-state index in [1.54, 1.807) is 24.3 Å². The van der Waals surface area contributed by atoms with E-state index in [0.717, 1.165) is 16.0 Å². The molecule has 39 heavy (non-hydrogen) atoms. The van der Waals surface area contributed by atoms with Crippen molar-refractivity contribution in [3.05, 3.63) is 84.9 Å². The summed E-state index contributed by atoms with van der Waals surface area (Å²) in [5, 5.41) is 0. The molecule has 202 valence electrons. The van der Waals surface area contributed by atoms with Crippen LogP contribution in [0.2, 0.25) is 0 Å². The minimum atomic E-state index is -3.91. The molecule has 0 amide bonds. The number of hydrogen-bond acceptors (Lipinski definition) is 9. The Hall–Kier alpha value is -3.60. The summed E-state index contributed by atoms with van der Waals surface area (Å²) < 4.78 is 47.0. The van der Waals surface area contributed by atoms with Crippen LogP contribution >= 0.6 is 23.5 Å². The van der Waals surface area contributed by atoms with Crippen LogP contribution in [-0.2, 0) is 14.9 Å². The van der Waals surface area contributed by atoms with Gasteiger partial charge in [-0.25, -0.2) is 0 Å². The van der Waals surface area contributed by atoms with Crippen LogP contribution in [0.3, 0.4) is 0 Å². The van der Waals surface area contributed by atoms with Gasteiger partial charge >= 0.3 is 16.1 Å². The fraction of sp³-hybridized carbons (Fsp3) is 0.138. The summed E-state index contributed by atoms with van der Waals surface area (Å²) in [5.74, 6) is 0.712. The third-order valence-corrected chi connectivity index (χ3v) is 7.83. The van der Waals surface area contributed by atoms with Gasteiger partial charge in [0.2, 0.25) is 0 Å². The van der Waals surface area contributed by atoms with Crippen LogP contribution in [0.1, 0.15) is 6.92 Å². The summed E-state index contributed by atoms with van der Waals surface area (Å²) in [6.07, 6.45) is 0.970. The van der Waals surface area contributed by atoms with Gasteiger partial charge in [-0.05, 0) is 42.5 Å². The maximum absolute atomic E-state index is 12.3. The van der Waals surface area contributed by atoms with Crippen molar-refractivity contribution in [3.63, 3.8) is 0 Å². The second kappa shape index (κ2) is 12.5. The van der Waals surface area contributed by atoms with Crippen LogP contribution in [-0.4, -0.2) is 34.9 Å². The Labute approximate surface area is 236 Å². The molecule has 0 unspecified atom stereocenters. The first-order chi connectivity index (χ1) is 18.7. The quantitative estimate of drug-likeness (QED) is 0.112. The number of carbonyl (C=O) groups excluding carboxylic acids is 1. The summed E-state index contributed by atoms with van der Waals surface area (Å²) in [7, 11) is -0.849. The lowest BCUT2D eigenvalue weighted by atomic mass is 10.0. The first-order valence-electron chi connectivity index (χ1n) is 11.6. The van der Waals surface area contributed by atoms with Crippen LogP contribution in [0.5, 0.6) is 23.0 Å². The molecule has 0 heterocycles. The summed E-state index contributed by atoms with van der Waals surface area (Å²) in [5.41, 5.74) is 0.744. The Morgan fingerprint density at radius 2 is 1.10 bits per heavy atom. The lowest BCUT2D eigenvalue weighted by molar-refractivity contribution is -0.131. The van der Waals surface area contributed by atoms with Gasteiger partial charge in [-0.3, -0.25) is 4.79 Å². The highest BCUT2D eigenvalue weighted by Crippen LogP contribution is 2.48. The van der Waals surface area contributed by atoms with Gasteiger partial charge in [-0.1, -0.05) is 59.9 Å². The van der Waals surface area contributed by atoms with Crippen LogP contribution in [0, 0.1) is 0 Å². The molecule has 4 aromatic carbocycles. The molecule has 0 fully saturated rings. The van der Waals surface area contributed by atoms with E-state index in [1.807, 2.05) is 60.7 Å². The van der Waals surface area contributed by atoms with E-state index in [0.29, 0.717) is 32.4 Å². The lowest BCUT2D eigenvalue weighted by Crippen LogP contribution is -2.08. The molecule has 0 saturated heterocycles. The van der Waals surface area contributed by atoms with Crippen LogP contribution in [0.25, 0.3) is 11.1 Å². The zero-order valence-corrected chi connectivity index (χ0v) is 24.1. The van der Waals surface area contributed by atoms with Gasteiger partial charge in [0.25, 0.3) is 0 Å². The molecule has 0 spiro atoms. The Morgan fingerprint density at radius 1 is 0.667 bits per heavy atom. The Balaban J connectivity index is 1.91. The van der Waals surface area contributed by atoms with Gasteiger partial charge in [0.15, 0.2) is 5.75 Å². The monoisotopic (exact) mass is 582 g/mol. The van der Waals surface area contributed by atoms with Gasteiger partial charge in [-0.2, -0.15) is 8.42 Å². The van der Waals surface area contributed by atoms with E-state index >= 15 is 0 Å². The third kappa shape index (κ3) is 7.50. The molecule has 4 aromatic rings. The first kappa shape index (κ1) is 28.4. The van der Waals surface area contributed by atoms with E-state index in [-0.39, 0.29) is 11.5 Å². The highest BCUT2D eigenvalue weighted by atomic mass is 32.2. The molecule has 0 radical (unpaired) electrons. The molecule has 0 N–H and O–H groups in total. The first-order valence-corrected chi connectivity index (χ1v) is 15.1. The molecular weight excluding hydrogens is 557 g/mol. The van der Waals surface area contributed by atoms with Gasteiger partial charge < -0.3 is 18.4 Å². The normalized spacial score (nSPS) is 11.1. The van der Waals surface area contributed by atoms with Crippen molar-refractivity contribution in [2.75, 3.05) is 20.5 Å². The molecule has 0 aliphatic heterocycles. The minimum Gasteiger partial charge on any atom is -0.496 e. The SMILES string of the molecule is COc1cc(-c2cc(OC)c(Sc3ccccc3)cc2OS(C)(=O)=O)c(OC(C)=O)cc1Sc1ccccc1. The average molecular weight is 583 g/mol. The van der Waals surface area contributed by atoms with E-state index in [2.05, 4.69) is 0 Å². The van der Waals surface area contributed by atoms with Crippen LogP contribution in [0.4, 0.5) is 0 Å². The number of hydrogen-bond donors (Lipinski definition) is 0. The number of ether oxygens (including phenoxy) is 3. The second-order valence-corrected chi connectivity index (χ2v) is 12.0. The summed E-state index contributed by atoms with van der Waals surface area (Å²) in [6, 6.07) is 25.9. The molecule has 0 aromatic heterocycles. The number of carbonyl (C=O) groups is 1. The van der Waals surface area contributed by atoms with E-state index in [1.165, 1.54) is 44.7 Å². The van der Waals surface area contributed by atoms with Crippen LogP contribution < -0.4 is 18.4 Å². The number of benzene rings is 4. The molecule has 10 heteroatoms. The van der Waals surface area contributed by atoms with E-state index < -0.39 is 16.1 Å². The Bertz CT molecular complexity index is 1570. The topological polar surface area (TPSA) is 88.1 Å². The van der Waals surface area contributed by atoms with Gasteiger partial charge in [0.05, 0.1) is 30.3 Å². The number of methoxy groups -OCH3 is 2. The summed E-state index contributed by atoms with van der Waals surface area (Å²) >= 11 is 2.83. The van der Waals surface area contributed by atoms with E-state index in [4.69, 9.17) is 18.4 Å².